The lowest BCUT2D eigenvalue weighted by molar-refractivity contribution is 0.509. The standard InChI is InChI=1S/C14H14F2N2O2S/c1-8-5-13(17)9(2)14(6-8)21(19,20)18-10-3-4-11(15)12(16)7-10/h3-7,18H,17H2,1-2H3. The zero-order chi connectivity index (χ0) is 15.8. The van der Waals surface area contributed by atoms with Crippen molar-refractivity contribution in [2.24, 2.45) is 0 Å². The molecule has 7 heteroatoms. The van der Waals surface area contributed by atoms with Gasteiger partial charge in [-0.15, -0.1) is 0 Å². The normalized spacial score (nSPS) is 11.4. The summed E-state index contributed by atoms with van der Waals surface area (Å²) < 4.78 is 52.9. The highest BCUT2D eigenvalue weighted by atomic mass is 32.2. The van der Waals surface area contributed by atoms with Gasteiger partial charge in [-0.1, -0.05) is 0 Å². The van der Waals surface area contributed by atoms with Crippen molar-refractivity contribution >= 4 is 21.4 Å². The maximum Gasteiger partial charge on any atom is 0.262 e. The molecule has 0 aromatic heterocycles. The summed E-state index contributed by atoms with van der Waals surface area (Å²) in [6, 6.07) is 5.90. The molecule has 0 aliphatic rings. The highest BCUT2D eigenvalue weighted by Gasteiger charge is 2.19. The molecule has 0 spiro atoms. The van der Waals surface area contributed by atoms with E-state index in [0.29, 0.717) is 16.8 Å². The van der Waals surface area contributed by atoms with Crippen LogP contribution in [0.1, 0.15) is 11.1 Å². The molecule has 0 atom stereocenters. The molecular formula is C14H14F2N2O2S. The number of hydrogen-bond acceptors (Lipinski definition) is 3. The number of halogens is 2. The number of nitrogen functional groups attached to an aromatic ring is 1. The fourth-order valence-electron chi connectivity index (χ4n) is 1.90. The summed E-state index contributed by atoms with van der Waals surface area (Å²) in [6.07, 6.45) is 0. The van der Waals surface area contributed by atoms with Crippen molar-refractivity contribution in [1.29, 1.82) is 0 Å². The van der Waals surface area contributed by atoms with Crippen LogP contribution >= 0.6 is 0 Å². The number of anilines is 2. The lowest BCUT2D eigenvalue weighted by atomic mass is 10.1. The maximum absolute atomic E-state index is 13.1. The van der Waals surface area contributed by atoms with Crippen LogP contribution in [0.15, 0.2) is 35.2 Å². The van der Waals surface area contributed by atoms with Crippen molar-refractivity contribution < 1.29 is 17.2 Å². The molecule has 0 unspecified atom stereocenters. The molecule has 0 radical (unpaired) electrons. The largest absolute Gasteiger partial charge is 0.398 e. The van der Waals surface area contributed by atoms with Crippen LogP contribution in [0.4, 0.5) is 20.2 Å². The Labute approximate surface area is 121 Å². The predicted molar refractivity (Wildman–Crippen MR) is 77.5 cm³/mol. The molecule has 112 valence electrons. The van der Waals surface area contributed by atoms with Gasteiger partial charge in [0.05, 0.1) is 10.6 Å². The number of aryl methyl sites for hydroxylation is 1. The number of sulfonamides is 1. The monoisotopic (exact) mass is 312 g/mol. The van der Waals surface area contributed by atoms with Crippen molar-refractivity contribution in [3.05, 3.63) is 53.1 Å². The van der Waals surface area contributed by atoms with Gasteiger partial charge in [-0.3, -0.25) is 4.72 Å². The molecule has 0 aliphatic heterocycles. The summed E-state index contributed by atoms with van der Waals surface area (Å²) in [7, 11) is -3.94. The maximum atomic E-state index is 13.1. The first-order valence-corrected chi connectivity index (χ1v) is 7.53. The van der Waals surface area contributed by atoms with E-state index in [1.807, 2.05) is 0 Å². The number of nitrogens with one attached hydrogen (secondary N) is 1. The minimum absolute atomic E-state index is 0.00438. The summed E-state index contributed by atoms with van der Waals surface area (Å²) >= 11 is 0. The summed E-state index contributed by atoms with van der Waals surface area (Å²) in [5.74, 6) is -2.18. The molecule has 2 aromatic carbocycles. The van der Waals surface area contributed by atoms with Crippen LogP contribution in [0.5, 0.6) is 0 Å². The van der Waals surface area contributed by atoms with Crippen LogP contribution in [0.25, 0.3) is 0 Å². The summed E-state index contributed by atoms with van der Waals surface area (Å²) in [5.41, 5.74) is 7.12. The van der Waals surface area contributed by atoms with Crippen molar-refractivity contribution in [2.75, 3.05) is 10.5 Å². The quantitative estimate of drug-likeness (QED) is 0.856. The molecule has 0 aliphatic carbocycles. The van der Waals surface area contributed by atoms with Gasteiger partial charge in [-0.2, -0.15) is 0 Å². The fourth-order valence-corrected chi connectivity index (χ4v) is 3.31. The number of benzene rings is 2. The summed E-state index contributed by atoms with van der Waals surface area (Å²) in [6.45, 7) is 3.29. The van der Waals surface area contributed by atoms with Crippen LogP contribution in [-0.4, -0.2) is 8.42 Å². The van der Waals surface area contributed by atoms with Gasteiger partial charge in [0.25, 0.3) is 10.0 Å². The van der Waals surface area contributed by atoms with Gasteiger partial charge >= 0.3 is 0 Å². The minimum atomic E-state index is -3.94. The Bertz CT molecular complexity index is 805. The van der Waals surface area contributed by atoms with E-state index in [0.717, 1.165) is 18.2 Å². The van der Waals surface area contributed by atoms with E-state index in [1.54, 1.807) is 19.9 Å². The van der Waals surface area contributed by atoms with Crippen molar-refractivity contribution in [3.63, 3.8) is 0 Å². The van der Waals surface area contributed by atoms with Gasteiger partial charge in [-0.05, 0) is 49.2 Å². The van der Waals surface area contributed by atoms with Gasteiger partial charge in [0.1, 0.15) is 0 Å². The van der Waals surface area contributed by atoms with Crippen molar-refractivity contribution in [2.45, 2.75) is 18.7 Å². The van der Waals surface area contributed by atoms with Crippen LogP contribution in [-0.2, 0) is 10.0 Å². The molecule has 4 nitrogen and oxygen atoms in total. The smallest absolute Gasteiger partial charge is 0.262 e. The second-order valence-corrected chi connectivity index (χ2v) is 6.36. The third-order valence-electron chi connectivity index (χ3n) is 3.01. The Balaban J connectivity index is 2.45. The van der Waals surface area contributed by atoms with Gasteiger partial charge in [0.15, 0.2) is 11.6 Å². The van der Waals surface area contributed by atoms with Crippen molar-refractivity contribution in [1.82, 2.24) is 0 Å². The topological polar surface area (TPSA) is 72.2 Å². The first kappa shape index (κ1) is 15.2. The molecule has 0 amide bonds. The first-order valence-electron chi connectivity index (χ1n) is 6.05. The van der Waals surface area contributed by atoms with E-state index in [9.17, 15) is 17.2 Å². The first-order chi connectivity index (χ1) is 9.70. The molecule has 2 rings (SSSR count). The number of nitrogens with two attached hydrogens (primary N) is 1. The van der Waals surface area contributed by atoms with Crippen LogP contribution < -0.4 is 10.5 Å². The van der Waals surface area contributed by atoms with Crippen LogP contribution in [0.3, 0.4) is 0 Å². The molecule has 0 heterocycles. The van der Waals surface area contributed by atoms with Gasteiger partial charge in [0, 0.05) is 11.8 Å². The molecule has 21 heavy (non-hydrogen) atoms. The average molecular weight is 312 g/mol. The zero-order valence-electron chi connectivity index (χ0n) is 11.4. The molecule has 0 bridgehead atoms. The van der Waals surface area contributed by atoms with Crippen molar-refractivity contribution in [3.8, 4) is 0 Å². The van der Waals surface area contributed by atoms with E-state index in [1.165, 1.54) is 6.07 Å². The Morgan fingerprint density at radius 3 is 2.33 bits per heavy atom. The molecule has 0 saturated heterocycles. The minimum Gasteiger partial charge on any atom is -0.398 e. The predicted octanol–water partition coefficient (Wildman–Crippen LogP) is 2.96. The van der Waals surface area contributed by atoms with Gasteiger partial charge in [-0.25, -0.2) is 17.2 Å². The highest BCUT2D eigenvalue weighted by molar-refractivity contribution is 7.92. The molecule has 0 fully saturated rings. The lowest BCUT2D eigenvalue weighted by Crippen LogP contribution is -2.15. The third-order valence-corrected chi connectivity index (χ3v) is 4.51. The summed E-state index contributed by atoms with van der Waals surface area (Å²) in [4.78, 5) is 0.00438. The van der Waals surface area contributed by atoms with Gasteiger partial charge in [0.2, 0.25) is 0 Å². The second-order valence-electron chi connectivity index (χ2n) is 4.71. The fraction of sp³-hybridized carbons (Fsp3) is 0.143. The Morgan fingerprint density at radius 2 is 1.71 bits per heavy atom. The van der Waals surface area contributed by atoms with E-state index in [-0.39, 0.29) is 10.6 Å². The van der Waals surface area contributed by atoms with E-state index < -0.39 is 21.7 Å². The number of rotatable bonds is 3. The van der Waals surface area contributed by atoms with Crippen LogP contribution in [0.2, 0.25) is 0 Å². The van der Waals surface area contributed by atoms with Crippen LogP contribution in [0, 0.1) is 25.5 Å². The average Bonchev–Trinajstić information content (AvgIpc) is 2.37. The molecule has 0 saturated carbocycles. The Hall–Kier alpha value is -2.15. The van der Waals surface area contributed by atoms with Gasteiger partial charge < -0.3 is 5.73 Å². The lowest BCUT2D eigenvalue weighted by Gasteiger charge is -2.13. The molecule has 3 N–H and O–H groups in total. The Morgan fingerprint density at radius 1 is 1.05 bits per heavy atom. The zero-order valence-corrected chi connectivity index (χ0v) is 12.3. The Kier molecular flexibility index (Phi) is 3.87. The van der Waals surface area contributed by atoms with E-state index in [4.69, 9.17) is 5.73 Å². The van der Waals surface area contributed by atoms with E-state index >= 15 is 0 Å². The van der Waals surface area contributed by atoms with E-state index in [2.05, 4.69) is 4.72 Å². The third kappa shape index (κ3) is 3.13. The molecule has 2 aromatic rings. The highest BCUT2D eigenvalue weighted by Crippen LogP contribution is 2.25. The SMILES string of the molecule is Cc1cc(N)c(C)c(S(=O)(=O)Nc2ccc(F)c(F)c2)c1. The second kappa shape index (κ2) is 5.33. The number of hydrogen-bond donors (Lipinski definition) is 2. The molecular weight excluding hydrogens is 298 g/mol. The summed E-state index contributed by atoms with van der Waals surface area (Å²) in [5, 5.41) is 0.